The van der Waals surface area contributed by atoms with Gasteiger partial charge in [0.05, 0.1) is 0 Å². The fraction of sp³-hybridized carbons (Fsp3) is 0.167. The zero-order valence-corrected chi connectivity index (χ0v) is 7.08. The lowest BCUT2D eigenvalue weighted by atomic mass is 10.6. The zero-order chi connectivity index (χ0) is 6.69. The summed E-state index contributed by atoms with van der Waals surface area (Å²) in [5, 5.41) is 0. The van der Waals surface area contributed by atoms with Gasteiger partial charge in [-0.05, 0) is 41.5 Å². The number of halogens is 1. The standard InChI is InChI=1S/C6H5IN2/c1-5-8-4-2-3-6(7)9-5/h2-3H,1H3. The summed E-state index contributed by atoms with van der Waals surface area (Å²) in [4.78, 5) is 7.94. The molecule has 1 aliphatic rings. The third kappa shape index (κ3) is 2.11. The highest BCUT2D eigenvalue weighted by atomic mass is 127. The van der Waals surface area contributed by atoms with Crippen molar-refractivity contribution in [3.8, 4) is 0 Å². The highest BCUT2D eigenvalue weighted by Crippen LogP contribution is 2.08. The number of aliphatic imine (C=N–C) groups is 2. The van der Waals surface area contributed by atoms with E-state index in [1.165, 1.54) is 0 Å². The van der Waals surface area contributed by atoms with Crippen LogP contribution in [-0.4, -0.2) is 11.7 Å². The molecule has 0 bridgehead atoms. The Hall–Kier alpha value is -0.410. The van der Waals surface area contributed by atoms with Gasteiger partial charge >= 0.3 is 0 Å². The fourth-order valence-electron chi connectivity index (χ4n) is 0.454. The first-order valence-electron chi connectivity index (χ1n) is 2.49. The maximum absolute atomic E-state index is 4.08. The molecule has 1 rings (SSSR count). The summed E-state index contributed by atoms with van der Waals surface area (Å²) in [6, 6.07) is 0. The van der Waals surface area contributed by atoms with Crippen molar-refractivity contribution in [2.45, 2.75) is 6.92 Å². The average Bonchev–Trinajstić information content (AvgIpc) is 1.93. The Morgan fingerprint density at radius 1 is 1.67 bits per heavy atom. The molecule has 0 aromatic heterocycles. The average molecular weight is 232 g/mol. The van der Waals surface area contributed by atoms with E-state index in [9.17, 15) is 0 Å². The van der Waals surface area contributed by atoms with Crippen LogP contribution in [0.15, 0.2) is 25.8 Å². The molecule has 46 valence electrons. The van der Waals surface area contributed by atoms with Gasteiger partial charge < -0.3 is 0 Å². The molecule has 0 radical (unpaired) electrons. The smallest absolute Gasteiger partial charge is 0.136 e. The number of allylic oxidation sites excluding steroid dienone is 2. The minimum atomic E-state index is 0.754. The minimum absolute atomic E-state index is 0.754. The molecule has 0 saturated heterocycles. The maximum atomic E-state index is 4.08. The SMILES string of the molecule is CC1=NC(I)=CC=C=N1. The fourth-order valence-corrected chi connectivity index (χ4v) is 0.982. The molecule has 0 aliphatic carbocycles. The molecule has 3 heteroatoms. The molecule has 2 nitrogen and oxygen atoms in total. The summed E-state index contributed by atoms with van der Waals surface area (Å²) in [7, 11) is 0. The lowest BCUT2D eigenvalue weighted by Crippen LogP contribution is -1.80. The van der Waals surface area contributed by atoms with Gasteiger partial charge in [-0.2, -0.15) is 4.99 Å². The van der Waals surface area contributed by atoms with E-state index in [0.717, 1.165) is 9.54 Å². The van der Waals surface area contributed by atoms with Crippen molar-refractivity contribution in [1.82, 2.24) is 0 Å². The second-order valence-corrected chi connectivity index (χ2v) is 2.66. The van der Waals surface area contributed by atoms with Crippen molar-refractivity contribution < 1.29 is 0 Å². The summed E-state index contributed by atoms with van der Waals surface area (Å²) in [6.45, 7) is 1.85. The molecular weight excluding hydrogens is 227 g/mol. The maximum Gasteiger partial charge on any atom is 0.136 e. The Morgan fingerprint density at radius 3 is 3.22 bits per heavy atom. The van der Waals surface area contributed by atoms with Crippen LogP contribution in [0.5, 0.6) is 0 Å². The summed E-state index contributed by atoms with van der Waals surface area (Å²) in [5.74, 6) is 3.47. The van der Waals surface area contributed by atoms with Gasteiger partial charge in [-0.1, -0.05) is 0 Å². The number of hydrogen-bond acceptors (Lipinski definition) is 2. The summed E-state index contributed by atoms with van der Waals surface area (Å²) >= 11 is 2.14. The highest BCUT2D eigenvalue weighted by molar-refractivity contribution is 14.1. The van der Waals surface area contributed by atoms with Gasteiger partial charge in [0, 0.05) is 6.08 Å². The predicted molar refractivity (Wildman–Crippen MR) is 47.2 cm³/mol. The van der Waals surface area contributed by atoms with E-state index in [0.29, 0.717) is 0 Å². The molecule has 0 spiro atoms. The normalized spacial score (nSPS) is 16.7. The van der Waals surface area contributed by atoms with Gasteiger partial charge in [-0.25, -0.2) is 4.99 Å². The lowest BCUT2D eigenvalue weighted by molar-refractivity contribution is 1.47. The van der Waals surface area contributed by atoms with Crippen LogP contribution in [0.4, 0.5) is 0 Å². The Morgan fingerprint density at radius 2 is 2.44 bits per heavy atom. The van der Waals surface area contributed by atoms with Gasteiger partial charge in [0.2, 0.25) is 0 Å². The monoisotopic (exact) mass is 232 g/mol. The topological polar surface area (TPSA) is 24.7 Å². The van der Waals surface area contributed by atoms with Crippen molar-refractivity contribution in [2.24, 2.45) is 9.98 Å². The molecule has 0 atom stereocenters. The molecule has 9 heavy (non-hydrogen) atoms. The molecule has 1 aliphatic heterocycles. The summed E-state index contributed by atoms with van der Waals surface area (Å²) in [6.07, 6.45) is 3.61. The van der Waals surface area contributed by atoms with Crippen molar-refractivity contribution in [3.05, 3.63) is 15.9 Å². The zero-order valence-electron chi connectivity index (χ0n) is 4.93. The third-order valence-corrected chi connectivity index (χ3v) is 1.39. The van der Waals surface area contributed by atoms with Crippen LogP contribution in [0.25, 0.3) is 0 Å². The highest BCUT2D eigenvalue weighted by Gasteiger charge is 1.88. The van der Waals surface area contributed by atoms with Crippen LogP contribution in [0.2, 0.25) is 0 Å². The largest absolute Gasteiger partial charge is 0.226 e. The molecule has 0 aromatic rings. The van der Waals surface area contributed by atoms with Crippen molar-refractivity contribution >= 4 is 34.3 Å². The van der Waals surface area contributed by atoms with Gasteiger partial charge in [-0.3, -0.25) is 0 Å². The van der Waals surface area contributed by atoms with Crippen LogP contribution in [-0.2, 0) is 0 Å². The quantitative estimate of drug-likeness (QED) is 0.450. The number of rotatable bonds is 0. The number of hydrogen-bond donors (Lipinski definition) is 0. The van der Waals surface area contributed by atoms with Crippen LogP contribution in [0, 0.1) is 0 Å². The van der Waals surface area contributed by atoms with Crippen molar-refractivity contribution in [2.75, 3.05) is 0 Å². The Bertz CT molecular complexity index is 231. The minimum Gasteiger partial charge on any atom is -0.226 e. The molecule has 0 saturated carbocycles. The van der Waals surface area contributed by atoms with E-state index in [1.807, 2.05) is 13.0 Å². The molecule has 0 aromatic carbocycles. The number of amidine groups is 1. The first-order chi connectivity index (χ1) is 4.29. The molecular formula is C6H5IN2. The Balaban J connectivity index is 3.00. The van der Waals surface area contributed by atoms with Gasteiger partial charge in [0.25, 0.3) is 0 Å². The second kappa shape index (κ2) is 2.94. The molecule has 0 unspecified atom stereocenters. The van der Waals surface area contributed by atoms with Gasteiger partial charge in [0.1, 0.15) is 9.54 Å². The van der Waals surface area contributed by atoms with E-state index >= 15 is 0 Å². The molecule has 0 amide bonds. The van der Waals surface area contributed by atoms with Crippen LogP contribution >= 0.6 is 22.6 Å². The number of nitrogens with zero attached hydrogens (tertiary/aromatic N) is 2. The molecule has 0 N–H and O–H groups in total. The van der Waals surface area contributed by atoms with Crippen molar-refractivity contribution in [1.29, 1.82) is 0 Å². The Kier molecular flexibility index (Phi) is 2.19. The van der Waals surface area contributed by atoms with Crippen LogP contribution in [0.1, 0.15) is 6.92 Å². The van der Waals surface area contributed by atoms with Crippen LogP contribution in [0.3, 0.4) is 0 Å². The van der Waals surface area contributed by atoms with E-state index < -0.39 is 0 Å². The van der Waals surface area contributed by atoms with E-state index in [2.05, 4.69) is 38.4 Å². The molecule has 0 fully saturated rings. The van der Waals surface area contributed by atoms with Gasteiger partial charge in [0.15, 0.2) is 0 Å². The second-order valence-electron chi connectivity index (χ2n) is 1.56. The first-order valence-corrected chi connectivity index (χ1v) is 3.57. The third-order valence-electron chi connectivity index (χ3n) is 0.790. The summed E-state index contributed by atoms with van der Waals surface area (Å²) < 4.78 is 0.943. The predicted octanol–water partition coefficient (Wildman–Crippen LogP) is 1.92. The summed E-state index contributed by atoms with van der Waals surface area (Å²) in [5.41, 5.74) is 0. The van der Waals surface area contributed by atoms with E-state index in [4.69, 9.17) is 0 Å². The lowest BCUT2D eigenvalue weighted by Gasteiger charge is -1.84. The van der Waals surface area contributed by atoms with Gasteiger partial charge in [-0.15, -0.1) is 0 Å². The molecule has 1 heterocycles. The van der Waals surface area contributed by atoms with Crippen molar-refractivity contribution in [3.63, 3.8) is 0 Å². The van der Waals surface area contributed by atoms with E-state index in [1.54, 1.807) is 6.08 Å². The van der Waals surface area contributed by atoms with Crippen LogP contribution < -0.4 is 0 Å². The van der Waals surface area contributed by atoms with E-state index in [-0.39, 0.29) is 0 Å². The first kappa shape index (κ1) is 6.71. The Labute approximate surface area is 67.2 Å².